The van der Waals surface area contributed by atoms with Gasteiger partial charge in [-0.15, -0.1) is 0 Å². The van der Waals surface area contributed by atoms with Gasteiger partial charge in [0.1, 0.15) is 5.75 Å². The number of aromatic nitrogens is 1. The maximum absolute atomic E-state index is 13.3. The van der Waals surface area contributed by atoms with Crippen molar-refractivity contribution >= 4 is 27.3 Å². The average molecular weight is 461 g/mol. The van der Waals surface area contributed by atoms with Crippen molar-refractivity contribution in [3.05, 3.63) is 70.9 Å². The van der Waals surface area contributed by atoms with Crippen LogP contribution in [0.15, 0.2) is 59.1 Å². The highest BCUT2D eigenvalue weighted by molar-refractivity contribution is 7.91. The summed E-state index contributed by atoms with van der Waals surface area (Å²) in [5.41, 5.74) is 1.59. The number of amides is 1. The molecule has 1 fully saturated rings. The van der Waals surface area contributed by atoms with E-state index in [4.69, 9.17) is 20.9 Å². The van der Waals surface area contributed by atoms with Gasteiger partial charge in [0.15, 0.2) is 21.3 Å². The van der Waals surface area contributed by atoms with E-state index in [1.165, 1.54) is 4.90 Å². The minimum atomic E-state index is -3.19. The van der Waals surface area contributed by atoms with Crippen molar-refractivity contribution in [2.24, 2.45) is 0 Å². The summed E-state index contributed by atoms with van der Waals surface area (Å²) < 4.78 is 34.7. The number of ether oxygens (including phenoxy) is 1. The highest BCUT2D eigenvalue weighted by Crippen LogP contribution is 2.27. The predicted molar refractivity (Wildman–Crippen MR) is 117 cm³/mol. The molecule has 1 amide bonds. The van der Waals surface area contributed by atoms with E-state index in [0.29, 0.717) is 23.0 Å². The summed E-state index contributed by atoms with van der Waals surface area (Å²) in [6.07, 6.45) is 0.377. The number of benzene rings is 2. The molecule has 0 radical (unpaired) electrons. The lowest BCUT2D eigenvalue weighted by atomic mass is 10.1. The molecule has 31 heavy (non-hydrogen) atoms. The largest absolute Gasteiger partial charge is 0.497 e. The van der Waals surface area contributed by atoms with Crippen molar-refractivity contribution in [3.63, 3.8) is 0 Å². The molecule has 1 aliphatic heterocycles. The SMILES string of the molecule is COc1ccc(-c2cc(C(=O)N(Cc3ccccc3Cl)C3CCS(=O)(=O)C3)no2)cc1. The molecule has 9 heteroatoms. The van der Waals surface area contributed by atoms with Crippen LogP contribution in [0.4, 0.5) is 0 Å². The van der Waals surface area contributed by atoms with E-state index >= 15 is 0 Å². The standard InChI is InChI=1S/C22H21ClN2O5S/c1-29-18-8-6-15(7-9-18)21-12-20(24-30-21)22(26)25(17-10-11-31(27,28)14-17)13-16-4-2-3-5-19(16)23/h2-9,12,17H,10-11,13-14H2,1H3. The van der Waals surface area contributed by atoms with Gasteiger partial charge in [0.25, 0.3) is 5.91 Å². The zero-order chi connectivity index (χ0) is 22.0. The predicted octanol–water partition coefficient (Wildman–Crippen LogP) is 3.83. The minimum absolute atomic E-state index is 0.0554. The highest BCUT2D eigenvalue weighted by Gasteiger charge is 2.36. The van der Waals surface area contributed by atoms with E-state index in [1.54, 1.807) is 49.6 Å². The van der Waals surface area contributed by atoms with Gasteiger partial charge in [-0.05, 0) is 42.3 Å². The van der Waals surface area contributed by atoms with Crippen LogP contribution >= 0.6 is 11.6 Å². The summed E-state index contributed by atoms with van der Waals surface area (Å²) in [7, 11) is -1.61. The van der Waals surface area contributed by atoms with E-state index < -0.39 is 21.8 Å². The lowest BCUT2D eigenvalue weighted by molar-refractivity contribution is 0.0670. The third-order valence-corrected chi connectivity index (χ3v) is 7.43. The van der Waals surface area contributed by atoms with Crippen LogP contribution in [-0.2, 0) is 16.4 Å². The summed E-state index contributed by atoms with van der Waals surface area (Å²) in [6, 6.07) is 15.5. The van der Waals surface area contributed by atoms with Crippen LogP contribution in [0.3, 0.4) is 0 Å². The van der Waals surface area contributed by atoms with Crippen LogP contribution in [0.25, 0.3) is 11.3 Å². The number of nitrogens with zero attached hydrogens (tertiary/aromatic N) is 2. The molecule has 0 spiro atoms. The molecule has 4 rings (SSSR count). The first-order chi connectivity index (χ1) is 14.9. The van der Waals surface area contributed by atoms with Crippen LogP contribution in [0.5, 0.6) is 5.75 Å². The Bertz CT molecular complexity index is 1190. The fraction of sp³-hybridized carbons (Fsp3) is 0.273. The number of methoxy groups -OCH3 is 1. The van der Waals surface area contributed by atoms with Crippen LogP contribution < -0.4 is 4.74 Å². The molecule has 0 N–H and O–H groups in total. The zero-order valence-corrected chi connectivity index (χ0v) is 18.4. The summed E-state index contributed by atoms with van der Waals surface area (Å²) in [6.45, 7) is 0.184. The maximum Gasteiger partial charge on any atom is 0.276 e. The number of hydrogen-bond acceptors (Lipinski definition) is 6. The zero-order valence-electron chi connectivity index (χ0n) is 16.8. The summed E-state index contributed by atoms with van der Waals surface area (Å²) in [4.78, 5) is 14.9. The maximum atomic E-state index is 13.3. The highest BCUT2D eigenvalue weighted by atomic mass is 35.5. The Morgan fingerprint density at radius 3 is 2.61 bits per heavy atom. The molecule has 1 atom stereocenters. The van der Waals surface area contributed by atoms with Crippen LogP contribution in [-0.4, -0.2) is 49.0 Å². The van der Waals surface area contributed by atoms with Gasteiger partial charge in [0.05, 0.1) is 18.6 Å². The van der Waals surface area contributed by atoms with Crippen molar-refractivity contribution in [2.45, 2.75) is 19.0 Å². The fourth-order valence-electron chi connectivity index (χ4n) is 3.61. The topological polar surface area (TPSA) is 89.7 Å². The summed E-state index contributed by atoms with van der Waals surface area (Å²) >= 11 is 6.29. The molecule has 0 saturated carbocycles. The number of sulfone groups is 1. The number of rotatable bonds is 6. The van der Waals surface area contributed by atoms with Crippen molar-refractivity contribution in [1.82, 2.24) is 10.1 Å². The molecule has 0 bridgehead atoms. The minimum Gasteiger partial charge on any atom is -0.497 e. The number of carbonyl (C=O) groups excluding carboxylic acids is 1. The summed E-state index contributed by atoms with van der Waals surface area (Å²) in [5, 5.41) is 4.46. The molecule has 3 aromatic rings. The molecule has 2 aromatic carbocycles. The van der Waals surface area contributed by atoms with Gasteiger partial charge >= 0.3 is 0 Å². The van der Waals surface area contributed by atoms with Crippen LogP contribution in [0.2, 0.25) is 5.02 Å². The Hall–Kier alpha value is -2.84. The molecule has 0 aliphatic carbocycles. The lowest BCUT2D eigenvalue weighted by Gasteiger charge is -2.28. The van der Waals surface area contributed by atoms with Gasteiger partial charge in [0, 0.05) is 29.2 Å². The van der Waals surface area contributed by atoms with E-state index in [2.05, 4.69) is 5.16 Å². The first-order valence-electron chi connectivity index (χ1n) is 9.72. The van der Waals surface area contributed by atoms with Crippen molar-refractivity contribution in [2.75, 3.05) is 18.6 Å². The smallest absolute Gasteiger partial charge is 0.276 e. The molecule has 7 nitrogen and oxygen atoms in total. The van der Waals surface area contributed by atoms with Crippen LogP contribution in [0, 0.1) is 0 Å². The Balaban J connectivity index is 1.62. The molecular formula is C22H21ClN2O5S. The monoisotopic (exact) mass is 460 g/mol. The summed E-state index contributed by atoms with van der Waals surface area (Å²) in [5.74, 6) is 0.716. The van der Waals surface area contributed by atoms with E-state index in [-0.39, 0.29) is 23.7 Å². The van der Waals surface area contributed by atoms with Crippen molar-refractivity contribution in [1.29, 1.82) is 0 Å². The van der Waals surface area contributed by atoms with E-state index in [9.17, 15) is 13.2 Å². The molecule has 2 heterocycles. The van der Waals surface area contributed by atoms with Crippen molar-refractivity contribution < 1.29 is 22.5 Å². The number of hydrogen-bond donors (Lipinski definition) is 0. The number of halogens is 1. The van der Waals surface area contributed by atoms with Gasteiger partial charge in [-0.3, -0.25) is 4.79 Å². The second-order valence-electron chi connectivity index (χ2n) is 7.39. The molecule has 162 valence electrons. The Kier molecular flexibility index (Phi) is 6.02. The molecule has 1 saturated heterocycles. The molecule has 1 aliphatic rings. The van der Waals surface area contributed by atoms with Gasteiger partial charge < -0.3 is 14.2 Å². The first-order valence-corrected chi connectivity index (χ1v) is 11.9. The third-order valence-electron chi connectivity index (χ3n) is 5.31. The average Bonchev–Trinajstić information content (AvgIpc) is 3.39. The Labute approximate surface area is 185 Å². The third kappa shape index (κ3) is 4.75. The first kappa shape index (κ1) is 21.4. The van der Waals surface area contributed by atoms with Crippen LogP contribution in [0.1, 0.15) is 22.5 Å². The quantitative estimate of drug-likeness (QED) is 0.555. The molecule has 1 unspecified atom stereocenters. The molecular weight excluding hydrogens is 440 g/mol. The van der Waals surface area contributed by atoms with E-state index in [0.717, 1.165) is 11.1 Å². The van der Waals surface area contributed by atoms with Gasteiger partial charge in [-0.2, -0.15) is 0 Å². The lowest BCUT2D eigenvalue weighted by Crippen LogP contribution is -2.40. The Morgan fingerprint density at radius 2 is 1.97 bits per heavy atom. The second-order valence-corrected chi connectivity index (χ2v) is 10.0. The van der Waals surface area contributed by atoms with E-state index in [1.807, 2.05) is 12.1 Å². The van der Waals surface area contributed by atoms with Gasteiger partial charge in [0.2, 0.25) is 0 Å². The normalized spacial score (nSPS) is 17.4. The van der Waals surface area contributed by atoms with Gasteiger partial charge in [-0.1, -0.05) is 35.0 Å². The van der Waals surface area contributed by atoms with Gasteiger partial charge in [-0.25, -0.2) is 8.42 Å². The molecule has 1 aromatic heterocycles. The number of carbonyl (C=O) groups is 1. The van der Waals surface area contributed by atoms with Crippen molar-refractivity contribution in [3.8, 4) is 17.1 Å². The second kappa shape index (κ2) is 8.72. The fourth-order valence-corrected chi connectivity index (χ4v) is 5.54. The Morgan fingerprint density at radius 1 is 1.23 bits per heavy atom.